The van der Waals surface area contributed by atoms with Crippen LogP contribution in [0.25, 0.3) is 0 Å². The first kappa shape index (κ1) is 19.9. The van der Waals surface area contributed by atoms with Crippen LogP contribution in [0.5, 0.6) is 0 Å². The Morgan fingerprint density at radius 3 is 2.08 bits per heavy atom. The molecule has 3 N–H and O–H groups in total. The quantitative estimate of drug-likeness (QED) is 0.680. The average Bonchev–Trinajstić information content (AvgIpc) is 2.47. The van der Waals surface area contributed by atoms with E-state index in [0.29, 0.717) is 6.54 Å². The van der Waals surface area contributed by atoms with E-state index in [-0.39, 0.29) is 16.9 Å². The van der Waals surface area contributed by atoms with Gasteiger partial charge >= 0.3 is 0 Å². The summed E-state index contributed by atoms with van der Waals surface area (Å²) < 4.78 is 0. The van der Waals surface area contributed by atoms with Gasteiger partial charge in [0.05, 0.1) is 0 Å². The van der Waals surface area contributed by atoms with Gasteiger partial charge in [-0.3, -0.25) is 4.79 Å². The molecule has 1 saturated heterocycles. The monoisotopic (exact) mass is 347 g/mol. The number of quaternary nitrogens is 2. The van der Waals surface area contributed by atoms with Gasteiger partial charge in [-0.05, 0) is 25.7 Å². The molecule has 1 aromatic rings. The minimum Gasteiger partial charge on any atom is -0.346 e. The summed E-state index contributed by atoms with van der Waals surface area (Å²) in [7, 11) is 0. The number of amides is 1. The number of benzene rings is 1. The fourth-order valence-corrected chi connectivity index (χ4v) is 4.21. The molecule has 1 aliphatic rings. The van der Waals surface area contributed by atoms with E-state index in [2.05, 4.69) is 70.3 Å². The van der Waals surface area contributed by atoms with E-state index in [0.717, 1.165) is 39.1 Å². The number of rotatable bonds is 6. The molecule has 0 aliphatic carbocycles. The molecule has 1 aliphatic heterocycles. The van der Waals surface area contributed by atoms with Crippen molar-refractivity contribution in [2.45, 2.75) is 53.1 Å². The summed E-state index contributed by atoms with van der Waals surface area (Å²) in [6.45, 7) is 17.1. The van der Waals surface area contributed by atoms with Crippen molar-refractivity contribution >= 4 is 5.91 Å². The fraction of sp³-hybridized carbons (Fsp3) is 0.667. The van der Waals surface area contributed by atoms with E-state index >= 15 is 0 Å². The van der Waals surface area contributed by atoms with Crippen LogP contribution in [0.4, 0.5) is 0 Å². The zero-order chi connectivity index (χ0) is 18.5. The van der Waals surface area contributed by atoms with E-state index < -0.39 is 0 Å². The third-order valence-corrected chi connectivity index (χ3v) is 4.82. The fourth-order valence-electron chi connectivity index (χ4n) is 4.21. The Bertz CT molecular complexity index is 540. The van der Waals surface area contributed by atoms with Gasteiger partial charge in [-0.25, -0.2) is 0 Å². The minimum atomic E-state index is -0.144. The standard InChI is InChI=1S/C21H35N3O/c1-20(2,3)17-21(4,5)22-19(25)16-24-13-11-23(12-14-24)15-18-9-7-6-8-10-18/h6-10H,11-17H2,1-5H3,(H,22,25)/p+2. The highest BCUT2D eigenvalue weighted by Crippen LogP contribution is 2.26. The number of carbonyl (C=O) groups excluding carboxylic acids is 1. The second kappa shape index (κ2) is 8.33. The summed E-state index contributed by atoms with van der Waals surface area (Å²) in [5.41, 5.74) is 1.48. The summed E-state index contributed by atoms with van der Waals surface area (Å²) >= 11 is 0. The first-order chi connectivity index (χ1) is 11.6. The zero-order valence-electron chi connectivity index (χ0n) is 16.7. The number of hydrogen-bond donors (Lipinski definition) is 3. The third-order valence-electron chi connectivity index (χ3n) is 4.82. The van der Waals surface area contributed by atoms with E-state index in [1.165, 1.54) is 10.5 Å². The Kier molecular flexibility index (Phi) is 6.64. The van der Waals surface area contributed by atoms with Crippen LogP contribution in [0.15, 0.2) is 30.3 Å². The van der Waals surface area contributed by atoms with Crippen LogP contribution in [-0.4, -0.2) is 44.2 Å². The van der Waals surface area contributed by atoms with Gasteiger partial charge in [0, 0.05) is 11.1 Å². The molecule has 4 nitrogen and oxygen atoms in total. The highest BCUT2D eigenvalue weighted by Gasteiger charge is 2.30. The molecule has 0 unspecified atom stereocenters. The van der Waals surface area contributed by atoms with Gasteiger partial charge in [-0.1, -0.05) is 51.1 Å². The molecule has 1 heterocycles. The second-order valence-corrected chi connectivity index (χ2v) is 9.51. The van der Waals surface area contributed by atoms with E-state index in [9.17, 15) is 4.79 Å². The Labute approximate surface area is 153 Å². The van der Waals surface area contributed by atoms with Crippen molar-refractivity contribution in [3.05, 3.63) is 35.9 Å². The average molecular weight is 348 g/mol. The van der Waals surface area contributed by atoms with Crippen LogP contribution in [0, 0.1) is 5.41 Å². The lowest BCUT2D eigenvalue weighted by Crippen LogP contribution is -3.28. The molecule has 4 heteroatoms. The first-order valence-corrected chi connectivity index (χ1v) is 9.65. The lowest BCUT2D eigenvalue weighted by atomic mass is 9.82. The Balaban J connectivity index is 1.73. The van der Waals surface area contributed by atoms with Gasteiger partial charge < -0.3 is 15.1 Å². The normalized spacial score (nSPS) is 21.8. The summed E-state index contributed by atoms with van der Waals surface area (Å²) in [6.07, 6.45) is 0.982. The Morgan fingerprint density at radius 1 is 0.960 bits per heavy atom. The smallest absolute Gasteiger partial charge is 0.275 e. The molecule has 1 amide bonds. The Morgan fingerprint density at radius 2 is 1.52 bits per heavy atom. The summed E-state index contributed by atoms with van der Waals surface area (Å²) in [4.78, 5) is 15.5. The molecule has 0 radical (unpaired) electrons. The predicted octanol–water partition coefficient (Wildman–Crippen LogP) is 0.301. The molecule has 0 aromatic heterocycles. The SMILES string of the molecule is CC(C)(C)CC(C)(C)NC(=O)C[NH+]1CC[NH+](Cc2ccccc2)CC1. The molecular formula is C21H37N3O+2. The minimum absolute atomic E-state index is 0.144. The summed E-state index contributed by atoms with van der Waals surface area (Å²) in [5.74, 6) is 0.191. The van der Waals surface area contributed by atoms with Crippen molar-refractivity contribution in [1.29, 1.82) is 0 Å². The number of hydrogen-bond acceptors (Lipinski definition) is 1. The van der Waals surface area contributed by atoms with Crippen LogP contribution in [0.1, 0.15) is 46.6 Å². The molecule has 1 aromatic carbocycles. The number of nitrogens with one attached hydrogen (secondary N) is 3. The van der Waals surface area contributed by atoms with Crippen LogP contribution in [-0.2, 0) is 11.3 Å². The second-order valence-electron chi connectivity index (χ2n) is 9.51. The molecule has 0 saturated carbocycles. The molecule has 25 heavy (non-hydrogen) atoms. The van der Waals surface area contributed by atoms with Crippen molar-refractivity contribution in [1.82, 2.24) is 5.32 Å². The van der Waals surface area contributed by atoms with Crippen LogP contribution < -0.4 is 15.1 Å². The lowest BCUT2D eigenvalue weighted by Gasteiger charge is -2.34. The van der Waals surface area contributed by atoms with Gasteiger partial charge in [0.2, 0.25) is 0 Å². The summed E-state index contributed by atoms with van der Waals surface area (Å²) in [6, 6.07) is 10.7. The molecule has 140 valence electrons. The Hall–Kier alpha value is -1.39. The van der Waals surface area contributed by atoms with E-state index in [1.54, 1.807) is 4.90 Å². The first-order valence-electron chi connectivity index (χ1n) is 9.65. The van der Waals surface area contributed by atoms with Crippen molar-refractivity contribution in [2.24, 2.45) is 5.41 Å². The maximum absolute atomic E-state index is 12.4. The van der Waals surface area contributed by atoms with Gasteiger partial charge in [-0.2, -0.15) is 0 Å². The zero-order valence-corrected chi connectivity index (χ0v) is 16.7. The van der Waals surface area contributed by atoms with Gasteiger partial charge in [0.15, 0.2) is 6.54 Å². The molecular weight excluding hydrogens is 310 g/mol. The van der Waals surface area contributed by atoms with Gasteiger partial charge in [0.25, 0.3) is 5.91 Å². The maximum Gasteiger partial charge on any atom is 0.275 e. The van der Waals surface area contributed by atoms with Crippen molar-refractivity contribution in [2.75, 3.05) is 32.7 Å². The van der Waals surface area contributed by atoms with Crippen molar-refractivity contribution in [3.63, 3.8) is 0 Å². The number of carbonyl (C=O) groups is 1. The maximum atomic E-state index is 12.4. The van der Waals surface area contributed by atoms with Gasteiger partial charge in [0.1, 0.15) is 32.7 Å². The largest absolute Gasteiger partial charge is 0.346 e. The predicted molar refractivity (Wildman–Crippen MR) is 103 cm³/mol. The van der Waals surface area contributed by atoms with E-state index in [4.69, 9.17) is 0 Å². The highest BCUT2D eigenvalue weighted by molar-refractivity contribution is 5.77. The molecule has 0 spiro atoms. The molecule has 1 fully saturated rings. The van der Waals surface area contributed by atoms with Crippen molar-refractivity contribution < 1.29 is 14.6 Å². The summed E-state index contributed by atoms with van der Waals surface area (Å²) in [5, 5.41) is 3.24. The molecule has 0 bridgehead atoms. The van der Waals surface area contributed by atoms with E-state index in [1.807, 2.05) is 0 Å². The number of piperazine rings is 1. The topological polar surface area (TPSA) is 38.0 Å². The van der Waals surface area contributed by atoms with Crippen LogP contribution in [0.3, 0.4) is 0 Å². The highest BCUT2D eigenvalue weighted by atomic mass is 16.2. The van der Waals surface area contributed by atoms with Crippen LogP contribution >= 0.6 is 0 Å². The lowest BCUT2D eigenvalue weighted by molar-refractivity contribution is -1.02. The van der Waals surface area contributed by atoms with Crippen LogP contribution in [0.2, 0.25) is 0 Å². The van der Waals surface area contributed by atoms with Gasteiger partial charge in [-0.15, -0.1) is 0 Å². The molecule has 2 rings (SSSR count). The third kappa shape index (κ3) is 7.57. The molecule has 0 atom stereocenters. The van der Waals surface area contributed by atoms with Crippen molar-refractivity contribution in [3.8, 4) is 0 Å².